The van der Waals surface area contributed by atoms with Gasteiger partial charge in [0.05, 0.1) is 17.4 Å². The SMILES string of the molecule is Cc1ccc2nc(CN(CCCCN)C3CCCc4cccnc43)cn2c1. The van der Waals surface area contributed by atoms with Crippen molar-refractivity contribution in [2.45, 2.75) is 51.6 Å². The van der Waals surface area contributed by atoms with Crippen LogP contribution in [0.2, 0.25) is 0 Å². The predicted molar refractivity (Wildman–Crippen MR) is 109 cm³/mol. The van der Waals surface area contributed by atoms with E-state index in [2.05, 4.69) is 52.9 Å². The first kappa shape index (κ1) is 18.1. The van der Waals surface area contributed by atoms with Gasteiger partial charge >= 0.3 is 0 Å². The lowest BCUT2D eigenvalue weighted by molar-refractivity contribution is 0.161. The van der Waals surface area contributed by atoms with E-state index in [0.29, 0.717) is 6.04 Å². The van der Waals surface area contributed by atoms with E-state index in [9.17, 15) is 0 Å². The van der Waals surface area contributed by atoms with Crippen LogP contribution in [0, 0.1) is 6.92 Å². The number of aromatic nitrogens is 3. The number of hydrogen-bond donors (Lipinski definition) is 1. The van der Waals surface area contributed by atoms with Gasteiger partial charge in [0.2, 0.25) is 0 Å². The van der Waals surface area contributed by atoms with Crippen molar-refractivity contribution in [2.24, 2.45) is 5.73 Å². The van der Waals surface area contributed by atoms with Crippen LogP contribution in [0.3, 0.4) is 0 Å². The van der Waals surface area contributed by atoms with E-state index in [1.54, 1.807) is 0 Å². The fraction of sp³-hybridized carbons (Fsp3) is 0.455. The minimum Gasteiger partial charge on any atom is -0.330 e. The lowest BCUT2D eigenvalue weighted by Crippen LogP contribution is -2.33. The standard InChI is InChI=1S/C22H29N5/c1-17-9-10-21-25-19(16-27(21)14-17)15-26(13-3-2-11-23)20-8-4-6-18-7-5-12-24-22(18)20/h5,7,9-10,12,14,16,20H,2-4,6,8,11,13,15,23H2,1H3. The number of hydrogen-bond acceptors (Lipinski definition) is 4. The van der Waals surface area contributed by atoms with Gasteiger partial charge in [-0.15, -0.1) is 0 Å². The highest BCUT2D eigenvalue weighted by Gasteiger charge is 2.27. The molecule has 3 aromatic rings. The van der Waals surface area contributed by atoms with Gasteiger partial charge in [-0.05, 0) is 75.4 Å². The van der Waals surface area contributed by atoms with Crippen LogP contribution in [0.4, 0.5) is 0 Å². The molecular formula is C22H29N5. The second-order valence-electron chi connectivity index (χ2n) is 7.63. The molecule has 0 fully saturated rings. The molecule has 0 bridgehead atoms. The summed E-state index contributed by atoms with van der Waals surface area (Å²) in [4.78, 5) is 12.2. The first-order chi connectivity index (χ1) is 13.2. The van der Waals surface area contributed by atoms with Crippen molar-refractivity contribution in [1.29, 1.82) is 0 Å². The Labute approximate surface area is 161 Å². The van der Waals surface area contributed by atoms with Gasteiger partial charge in [-0.3, -0.25) is 9.88 Å². The van der Waals surface area contributed by atoms with E-state index < -0.39 is 0 Å². The second-order valence-corrected chi connectivity index (χ2v) is 7.63. The summed E-state index contributed by atoms with van der Waals surface area (Å²) in [6.45, 7) is 4.75. The lowest BCUT2D eigenvalue weighted by atomic mass is 9.90. The summed E-state index contributed by atoms with van der Waals surface area (Å²) in [5, 5.41) is 0. The largest absolute Gasteiger partial charge is 0.330 e. The number of unbranched alkanes of at least 4 members (excludes halogenated alkanes) is 1. The minimum absolute atomic E-state index is 0.374. The first-order valence-corrected chi connectivity index (χ1v) is 10.1. The van der Waals surface area contributed by atoms with Gasteiger partial charge in [0, 0.05) is 25.1 Å². The molecule has 1 aliphatic carbocycles. The zero-order valence-electron chi connectivity index (χ0n) is 16.1. The summed E-state index contributed by atoms with van der Waals surface area (Å²) < 4.78 is 2.13. The van der Waals surface area contributed by atoms with Crippen LogP contribution >= 0.6 is 0 Å². The molecule has 3 aromatic heterocycles. The highest BCUT2D eigenvalue weighted by Crippen LogP contribution is 2.33. The highest BCUT2D eigenvalue weighted by atomic mass is 15.2. The van der Waals surface area contributed by atoms with Crippen molar-refractivity contribution >= 4 is 5.65 Å². The zero-order valence-corrected chi connectivity index (χ0v) is 16.1. The normalized spacial score (nSPS) is 16.8. The number of aryl methyl sites for hydroxylation is 2. The maximum Gasteiger partial charge on any atom is 0.137 e. The van der Waals surface area contributed by atoms with Gasteiger partial charge in [-0.1, -0.05) is 12.1 Å². The molecule has 4 rings (SSSR count). The molecule has 0 aliphatic heterocycles. The Kier molecular flexibility index (Phi) is 5.50. The van der Waals surface area contributed by atoms with Gasteiger partial charge in [-0.2, -0.15) is 0 Å². The van der Waals surface area contributed by atoms with Gasteiger partial charge < -0.3 is 10.1 Å². The van der Waals surface area contributed by atoms with E-state index in [-0.39, 0.29) is 0 Å². The van der Waals surface area contributed by atoms with Gasteiger partial charge in [-0.25, -0.2) is 4.98 Å². The molecule has 0 aromatic carbocycles. The van der Waals surface area contributed by atoms with Crippen molar-refractivity contribution in [3.63, 3.8) is 0 Å². The molecule has 1 aliphatic rings. The summed E-state index contributed by atoms with van der Waals surface area (Å²) in [7, 11) is 0. The summed E-state index contributed by atoms with van der Waals surface area (Å²) >= 11 is 0. The van der Waals surface area contributed by atoms with Crippen LogP contribution < -0.4 is 5.73 Å². The molecule has 142 valence electrons. The van der Waals surface area contributed by atoms with Crippen LogP contribution in [0.1, 0.15) is 54.2 Å². The third-order valence-electron chi connectivity index (χ3n) is 5.52. The van der Waals surface area contributed by atoms with Crippen LogP contribution in [-0.2, 0) is 13.0 Å². The van der Waals surface area contributed by atoms with Crippen molar-refractivity contribution in [3.8, 4) is 0 Å². The Morgan fingerprint density at radius 3 is 3.04 bits per heavy atom. The third-order valence-corrected chi connectivity index (χ3v) is 5.52. The molecule has 27 heavy (non-hydrogen) atoms. The molecule has 0 amide bonds. The molecular weight excluding hydrogens is 334 g/mol. The maximum absolute atomic E-state index is 5.74. The van der Waals surface area contributed by atoms with E-state index in [1.807, 2.05) is 6.20 Å². The molecule has 0 spiro atoms. The van der Waals surface area contributed by atoms with Crippen molar-refractivity contribution in [1.82, 2.24) is 19.3 Å². The second kappa shape index (κ2) is 8.19. The third kappa shape index (κ3) is 4.04. The van der Waals surface area contributed by atoms with E-state index >= 15 is 0 Å². The minimum atomic E-state index is 0.374. The summed E-state index contributed by atoms with van der Waals surface area (Å²) in [5.41, 5.74) is 11.8. The quantitative estimate of drug-likeness (QED) is 0.651. The molecule has 2 N–H and O–H groups in total. The van der Waals surface area contributed by atoms with Gasteiger partial charge in [0.25, 0.3) is 0 Å². The fourth-order valence-electron chi connectivity index (χ4n) is 4.18. The van der Waals surface area contributed by atoms with Crippen LogP contribution in [0.15, 0.2) is 42.9 Å². The summed E-state index contributed by atoms with van der Waals surface area (Å²) in [6, 6.07) is 8.88. The molecule has 0 saturated heterocycles. The van der Waals surface area contributed by atoms with Gasteiger partial charge in [0.1, 0.15) is 5.65 Å². The first-order valence-electron chi connectivity index (χ1n) is 10.1. The predicted octanol–water partition coefficient (Wildman–Crippen LogP) is 3.66. The molecule has 0 saturated carbocycles. The maximum atomic E-state index is 5.74. The Balaban J connectivity index is 1.60. The van der Waals surface area contributed by atoms with Gasteiger partial charge in [0.15, 0.2) is 0 Å². The average Bonchev–Trinajstić information content (AvgIpc) is 3.08. The zero-order chi connectivity index (χ0) is 18.6. The van der Waals surface area contributed by atoms with Crippen molar-refractivity contribution < 1.29 is 0 Å². The summed E-state index contributed by atoms with van der Waals surface area (Å²) in [6.07, 6.45) is 11.9. The molecule has 3 heterocycles. The van der Waals surface area contributed by atoms with Crippen molar-refractivity contribution in [3.05, 3.63) is 65.4 Å². The smallest absolute Gasteiger partial charge is 0.137 e. The van der Waals surface area contributed by atoms with E-state index in [0.717, 1.165) is 50.2 Å². The highest BCUT2D eigenvalue weighted by molar-refractivity contribution is 5.41. The van der Waals surface area contributed by atoms with Crippen LogP contribution in [0.25, 0.3) is 5.65 Å². The average molecular weight is 364 g/mol. The molecule has 5 heteroatoms. The van der Waals surface area contributed by atoms with E-state index in [1.165, 1.54) is 29.7 Å². The summed E-state index contributed by atoms with van der Waals surface area (Å²) in [5.74, 6) is 0. The molecule has 1 atom stereocenters. The Morgan fingerprint density at radius 1 is 1.22 bits per heavy atom. The number of nitrogens with zero attached hydrogens (tertiary/aromatic N) is 4. The number of fused-ring (bicyclic) bond motifs is 2. The monoisotopic (exact) mass is 363 g/mol. The topological polar surface area (TPSA) is 59.5 Å². The van der Waals surface area contributed by atoms with E-state index in [4.69, 9.17) is 15.7 Å². The number of pyridine rings is 2. The number of rotatable bonds is 7. The Hall–Kier alpha value is -2.24. The molecule has 0 radical (unpaired) electrons. The molecule has 5 nitrogen and oxygen atoms in total. The number of nitrogens with two attached hydrogens (primary N) is 1. The van der Waals surface area contributed by atoms with Crippen LogP contribution in [0.5, 0.6) is 0 Å². The van der Waals surface area contributed by atoms with Crippen molar-refractivity contribution in [2.75, 3.05) is 13.1 Å². The number of imidazole rings is 1. The lowest BCUT2D eigenvalue weighted by Gasteiger charge is -2.34. The Bertz CT molecular complexity index is 901. The molecule has 1 unspecified atom stereocenters. The van der Waals surface area contributed by atoms with Crippen LogP contribution in [-0.4, -0.2) is 32.4 Å². The Morgan fingerprint density at radius 2 is 2.15 bits per heavy atom. The fourth-order valence-corrected chi connectivity index (χ4v) is 4.18.